The van der Waals surface area contributed by atoms with Crippen LogP contribution < -0.4 is 0 Å². The summed E-state index contributed by atoms with van der Waals surface area (Å²) in [5.74, 6) is 1.62. The molecule has 1 aliphatic rings. The molecule has 19 heavy (non-hydrogen) atoms. The van der Waals surface area contributed by atoms with E-state index in [-0.39, 0.29) is 17.7 Å². The van der Waals surface area contributed by atoms with E-state index in [1.165, 1.54) is 23.9 Å². The highest BCUT2D eigenvalue weighted by atomic mass is 32.2. The fourth-order valence-corrected chi connectivity index (χ4v) is 2.51. The van der Waals surface area contributed by atoms with Gasteiger partial charge in [-0.1, -0.05) is 5.16 Å². The molecule has 0 bridgehead atoms. The number of rotatable bonds is 4. The second-order valence-electron chi connectivity index (χ2n) is 4.37. The summed E-state index contributed by atoms with van der Waals surface area (Å²) in [5.41, 5.74) is 0. The number of benzene rings is 1. The van der Waals surface area contributed by atoms with Crippen LogP contribution in [0.5, 0.6) is 0 Å². The Labute approximate surface area is 113 Å². The fourth-order valence-electron chi connectivity index (χ4n) is 1.77. The Hall–Kier alpha value is -1.87. The third-order valence-corrected chi connectivity index (χ3v) is 3.95. The molecule has 2 atom stereocenters. The summed E-state index contributed by atoms with van der Waals surface area (Å²) >= 11 is 1.52. The third kappa shape index (κ3) is 2.76. The lowest BCUT2D eigenvalue weighted by molar-refractivity contribution is 0.373. The number of nitriles is 1. The van der Waals surface area contributed by atoms with Gasteiger partial charge in [-0.25, -0.2) is 4.39 Å². The summed E-state index contributed by atoms with van der Waals surface area (Å²) in [6, 6.07) is 8.47. The normalized spacial score (nSPS) is 21.1. The first kappa shape index (κ1) is 12.2. The Morgan fingerprint density at radius 2 is 2.21 bits per heavy atom. The number of hydrogen-bond acceptors (Lipinski definition) is 5. The Balaban J connectivity index is 1.59. The van der Waals surface area contributed by atoms with Crippen LogP contribution in [-0.4, -0.2) is 10.1 Å². The molecule has 0 amide bonds. The van der Waals surface area contributed by atoms with Crippen molar-refractivity contribution in [3.8, 4) is 6.07 Å². The monoisotopic (exact) mass is 275 g/mol. The van der Waals surface area contributed by atoms with E-state index in [9.17, 15) is 4.39 Å². The maximum Gasteiger partial charge on any atom is 0.231 e. The number of aromatic nitrogens is 2. The molecular weight excluding hydrogens is 265 g/mol. The molecule has 0 spiro atoms. The van der Waals surface area contributed by atoms with Crippen LogP contribution in [-0.2, 0) is 5.75 Å². The summed E-state index contributed by atoms with van der Waals surface area (Å²) in [6.07, 6.45) is 0.809. The average molecular weight is 275 g/mol. The Morgan fingerprint density at radius 1 is 1.42 bits per heavy atom. The van der Waals surface area contributed by atoms with E-state index in [1.807, 2.05) is 0 Å². The highest BCUT2D eigenvalue weighted by Gasteiger charge is 2.43. The van der Waals surface area contributed by atoms with Crippen LogP contribution in [0.15, 0.2) is 33.7 Å². The van der Waals surface area contributed by atoms with Gasteiger partial charge in [-0.15, -0.1) is 11.8 Å². The van der Waals surface area contributed by atoms with E-state index in [4.69, 9.17) is 9.78 Å². The zero-order valence-corrected chi connectivity index (χ0v) is 10.7. The van der Waals surface area contributed by atoms with Crippen LogP contribution in [0.4, 0.5) is 4.39 Å². The summed E-state index contributed by atoms with van der Waals surface area (Å²) in [7, 11) is 0. The van der Waals surface area contributed by atoms with Crippen LogP contribution in [0.1, 0.15) is 24.1 Å². The van der Waals surface area contributed by atoms with Gasteiger partial charge in [-0.3, -0.25) is 0 Å². The molecule has 1 fully saturated rings. The van der Waals surface area contributed by atoms with Gasteiger partial charge < -0.3 is 4.52 Å². The first-order chi connectivity index (χ1) is 9.26. The lowest BCUT2D eigenvalue weighted by Crippen LogP contribution is -1.86. The molecule has 6 heteroatoms. The van der Waals surface area contributed by atoms with Gasteiger partial charge in [-0.2, -0.15) is 10.2 Å². The van der Waals surface area contributed by atoms with E-state index >= 15 is 0 Å². The highest BCUT2D eigenvalue weighted by Crippen LogP contribution is 2.46. The van der Waals surface area contributed by atoms with Gasteiger partial charge in [-0.05, 0) is 30.7 Å². The molecule has 2 aromatic rings. The van der Waals surface area contributed by atoms with E-state index in [0.29, 0.717) is 17.5 Å². The van der Waals surface area contributed by atoms with E-state index < -0.39 is 0 Å². The number of hydrogen-bond donors (Lipinski definition) is 0. The average Bonchev–Trinajstić information content (AvgIpc) is 3.08. The molecule has 1 aliphatic carbocycles. The van der Waals surface area contributed by atoms with Gasteiger partial charge >= 0.3 is 0 Å². The molecule has 96 valence electrons. The molecule has 0 radical (unpaired) electrons. The van der Waals surface area contributed by atoms with Crippen molar-refractivity contribution in [2.45, 2.75) is 23.0 Å². The maximum absolute atomic E-state index is 12.7. The van der Waals surface area contributed by atoms with Gasteiger partial charge in [0.2, 0.25) is 5.89 Å². The number of nitrogens with zero attached hydrogens (tertiary/aromatic N) is 3. The van der Waals surface area contributed by atoms with Crippen molar-refractivity contribution >= 4 is 11.8 Å². The predicted octanol–water partition coefficient (Wildman–Crippen LogP) is 3.13. The second-order valence-corrected chi connectivity index (χ2v) is 5.42. The van der Waals surface area contributed by atoms with E-state index in [1.54, 1.807) is 12.1 Å². The van der Waals surface area contributed by atoms with E-state index in [0.717, 1.165) is 11.3 Å². The quantitative estimate of drug-likeness (QED) is 0.802. The van der Waals surface area contributed by atoms with Crippen LogP contribution >= 0.6 is 11.8 Å². The molecule has 0 saturated heterocycles. The van der Waals surface area contributed by atoms with Crippen molar-refractivity contribution in [2.75, 3.05) is 0 Å². The third-order valence-electron chi connectivity index (χ3n) is 2.94. The summed E-state index contributed by atoms with van der Waals surface area (Å²) in [5, 5.41) is 12.6. The topological polar surface area (TPSA) is 62.7 Å². The van der Waals surface area contributed by atoms with Crippen molar-refractivity contribution in [2.24, 2.45) is 5.92 Å². The predicted molar refractivity (Wildman–Crippen MR) is 66.7 cm³/mol. The molecule has 0 aliphatic heterocycles. The summed E-state index contributed by atoms with van der Waals surface area (Å²) in [6.45, 7) is 0. The molecule has 1 aromatic carbocycles. The van der Waals surface area contributed by atoms with Crippen molar-refractivity contribution < 1.29 is 8.91 Å². The summed E-state index contributed by atoms with van der Waals surface area (Å²) in [4.78, 5) is 5.23. The molecule has 1 heterocycles. The van der Waals surface area contributed by atoms with Gasteiger partial charge in [0.15, 0.2) is 5.82 Å². The molecule has 0 N–H and O–H groups in total. The minimum atomic E-state index is -0.248. The lowest BCUT2D eigenvalue weighted by Gasteiger charge is -1.97. The standard InChI is InChI=1S/C13H10FN3OS/c14-9-1-3-10(4-2-9)19-7-12-16-13(18-17-12)11-5-8(11)6-15/h1-4,8,11H,5,7H2. The summed E-state index contributed by atoms with van der Waals surface area (Å²) < 4.78 is 17.9. The van der Waals surface area contributed by atoms with Crippen LogP contribution in [0.3, 0.4) is 0 Å². The number of halogens is 1. The molecular formula is C13H10FN3OS. The van der Waals surface area contributed by atoms with Gasteiger partial charge in [0.05, 0.1) is 23.7 Å². The van der Waals surface area contributed by atoms with Crippen LogP contribution in [0, 0.1) is 23.1 Å². The van der Waals surface area contributed by atoms with Crippen LogP contribution in [0.25, 0.3) is 0 Å². The molecule has 3 rings (SSSR count). The maximum atomic E-state index is 12.7. The minimum Gasteiger partial charge on any atom is -0.339 e. The molecule has 1 saturated carbocycles. The smallest absolute Gasteiger partial charge is 0.231 e. The van der Waals surface area contributed by atoms with Gasteiger partial charge in [0.25, 0.3) is 0 Å². The van der Waals surface area contributed by atoms with Crippen LogP contribution in [0.2, 0.25) is 0 Å². The SMILES string of the molecule is N#CC1CC1c1nc(CSc2ccc(F)cc2)no1. The minimum absolute atomic E-state index is 0.0260. The second kappa shape index (κ2) is 5.02. The van der Waals surface area contributed by atoms with Gasteiger partial charge in [0.1, 0.15) is 5.82 Å². The first-order valence-electron chi connectivity index (χ1n) is 5.87. The van der Waals surface area contributed by atoms with Crippen molar-refractivity contribution in [3.63, 3.8) is 0 Å². The first-order valence-corrected chi connectivity index (χ1v) is 6.85. The molecule has 4 nitrogen and oxygen atoms in total. The lowest BCUT2D eigenvalue weighted by atomic mass is 10.3. The zero-order valence-electron chi connectivity index (χ0n) is 9.91. The Morgan fingerprint density at radius 3 is 2.89 bits per heavy atom. The van der Waals surface area contributed by atoms with Crippen molar-refractivity contribution in [1.82, 2.24) is 10.1 Å². The highest BCUT2D eigenvalue weighted by molar-refractivity contribution is 7.98. The van der Waals surface area contributed by atoms with Crippen molar-refractivity contribution in [1.29, 1.82) is 5.26 Å². The van der Waals surface area contributed by atoms with Gasteiger partial charge in [0, 0.05) is 4.90 Å². The number of thioether (sulfide) groups is 1. The fraction of sp³-hybridized carbons (Fsp3) is 0.308. The van der Waals surface area contributed by atoms with Crippen molar-refractivity contribution in [3.05, 3.63) is 41.8 Å². The molecule has 1 aromatic heterocycles. The Kier molecular flexibility index (Phi) is 3.22. The molecule has 2 unspecified atom stereocenters. The van der Waals surface area contributed by atoms with E-state index in [2.05, 4.69) is 16.2 Å². The zero-order chi connectivity index (χ0) is 13.2. The largest absolute Gasteiger partial charge is 0.339 e. The Bertz CT molecular complexity index is 620.